The predicted molar refractivity (Wildman–Crippen MR) is 82.9 cm³/mol. The molecule has 0 spiro atoms. The van der Waals surface area contributed by atoms with E-state index >= 15 is 0 Å². The summed E-state index contributed by atoms with van der Waals surface area (Å²) in [5.41, 5.74) is 0. The smallest absolute Gasteiger partial charge is 0.207 e. The summed E-state index contributed by atoms with van der Waals surface area (Å²) in [6, 6.07) is 6.49. The van der Waals surface area contributed by atoms with E-state index < -0.39 is 10.0 Å². The van der Waals surface area contributed by atoms with Crippen molar-refractivity contribution in [2.75, 3.05) is 12.4 Å². The molecule has 0 radical (unpaired) electrons. The van der Waals surface area contributed by atoms with Crippen LogP contribution >= 0.6 is 23.2 Å². The van der Waals surface area contributed by atoms with Crippen LogP contribution in [0.4, 0.5) is 0 Å². The van der Waals surface area contributed by atoms with E-state index in [0.717, 1.165) is 25.7 Å². The first kappa shape index (κ1) is 16.1. The molecule has 2 rings (SSSR count). The number of benzene rings is 1. The van der Waals surface area contributed by atoms with Crippen LogP contribution in [-0.2, 0) is 10.0 Å². The highest BCUT2D eigenvalue weighted by atomic mass is 35.5. The van der Waals surface area contributed by atoms with Crippen LogP contribution in [0.5, 0.6) is 0 Å². The van der Waals surface area contributed by atoms with Gasteiger partial charge in [-0.15, -0.1) is 11.6 Å². The molecule has 1 aliphatic carbocycles. The summed E-state index contributed by atoms with van der Waals surface area (Å²) in [5, 5.41) is 0.431. The third-order valence-electron chi connectivity index (χ3n) is 3.69. The van der Waals surface area contributed by atoms with Crippen molar-refractivity contribution in [2.45, 2.75) is 43.0 Å². The summed E-state index contributed by atoms with van der Waals surface area (Å²) >= 11 is 11.7. The Labute approximate surface area is 130 Å². The maximum Gasteiger partial charge on any atom is 0.243 e. The van der Waals surface area contributed by atoms with Crippen molar-refractivity contribution < 1.29 is 8.42 Å². The lowest BCUT2D eigenvalue weighted by molar-refractivity contribution is 0.262. The van der Waals surface area contributed by atoms with Crippen LogP contribution < -0.4 is 0 Å². The van der Waals surface area contributed by atoms with Gasteiger partial charge in [-0.2, -0.15) is 4.31 Å². The molecule has 0 aromatic heterocycles. The Morgan fingerprint density at radius 2 is 1.90 bits per heavy atom. The van der Waals surface area contributed by atoms with Gasteiger partial charge in [-0.25, -0.2) is 8.42 Å². The lowest BCUT2D eigenvalue weighted by Gasteiger charge is -2.33. The molecule has 112 valence electrons. The molecule has 1 aromatic rings. The van der Waals surface area contributed by atoms with Gasteiger partial charge in [0.05, 0.1) is 4.90 Å². The second kappa shape index (κ2) is 7.12. The Morgan fingerprint density at radius 3 is 2.50 bits per heavy atom. The third-order valence-corrected chi connectivity index (χ3v) is 6.04. The van der Waals surface area contributed by atoms with Gasteiger partial charge in [-0.1, -0.05) is 36.9 Å². The average molecular weight is 336 g/mol. The molecule has 6 heteroatoms. The zero-order chi connectivity index (χ0) is 14.6. The van der Waals surface area contributed by atoms with Gasteiger partial charge in [0.25, 0.3) is 0 Å². The number of nitrogens with zero attached hydrogens (tertiary/aromatic N) is 1. The predicted octanol–water partition coefficient (Wildman–Crippen LogP) is 3.90. The summed E-state index contributed by atoms with van der Waals surface area (Å²) in [7, 11) is -3.52. The fourth-order valence-electron chi connectivity index (χ4n) is 2.71. The zero-order valence-corrected chi connectivity index (χ0v) is 13.6. The van der Waals surface area contributed by atoms with E-state index in [1.54, 1.807) is 22.5 Å². The maximum atomic E-state index is 12.8. The number of halogens is 2. The van der Waals surface area contributed by atoms with Crippen LogP contribution in [0.1, 0.15) is 32.1 Å². The maximum absolute atomic E-state index is 12.8. The van der Waals surface area contributed by atoms with Crippen LogP contribution in [0.2, 0.25) is 5.02 Å². The highest BCUT2D eigenvalue weighted by molar-refractivity contribution is 7.89. The van der Waals surface area contributed by atoms with Crippen molar-refractivity contribution in [3.8, 4) is 0 Å². The molecule has 20 heavy (non-hydrogen) atoms. The molecule has 0 N–H and O–H groups in total. The molecule has 0 amide bonds. The average Bonchev–Trinajstić information content (AvgIpc) is 2.45. The fraction of sp³-hybridized carbons (Fsp3) is 0.571. The molecule has 0 unspecified atom stereocenters. The summed E-state index contributed by atoms with van der Waals surface area (Å²) in [6.45, 7) is 0.348. The van der Waals surface area contributed by atoms with E-state index in [0.29, 0.717) is 17.4 Å². The van der Waals surface area contributed by atoms with Gasteiger partial charge in [0.15, 0.2) is 0 Å². The van der Waals surface area contributed by atoms with Crippen molar-refractivity contribution in [2.24, 2.45) is 0 Å². The first-order valence-corrected chi connectivity index (χ1v) is 9.24. The number of rotatable bonds is 5. The van der Waals surface area contributed by atoms with Gasteiger partial charge >= 0.3 is 0 Å². The van der Waals surface area contributed by atoms with E-state index in [9.17, 15) is 8.42 Å². The number of hydrogen-bond donors (Lipinski definition) is 0. The Bertz CT molecular complexity index is 542. The molecule has 0 atom stereocenters. The summed E-state index contributed by atoms with van der Waals surface area (Å²) < 4.78 is 27.1. The summed E-state index contributed by atoms with van der Waals surface area (Å²) in [6.07, 6.45) is 5.17. The molecule has 1 saturated carbocycles. The van der Waals surface area contributed by atoms with Crippen molar-refractivity contribution in [1.82, 2.24) is 4.31 Å². The first-order chi connectivity index (χ1) is 9.55. The van der Waals surface area contributed by atoms with Gasteiger partial charge in [0, 0.05) is 23.5 Å². The van der Waals surface area contributed by atoms with Crippen LogP contribution in [-0.4, -0.2) is 31.2 Å². The van der Waals surface area contributed by atoms with E-state index in [4.69, 9.17) is 23.2 Å². The van der Waals surface area contributed by atoms with Crippen LogP contribution in [0.15, 0.2) is 29.2 Å². The number of sulfonamides is 1. The minimum atomic E-state index is -3.52. The van der Waals surface area contributed by atoms with Gasteiger partial charge in [0.2, 0.25) is 10.0 Å². The number of alkyl halides is 1. The van der Waals surface area contributed by atoms with Gasteiger partial charge < -0.3 is 0 Å². The minimum Gasteiger partial charge on any atom is -0.207 e. The van der Waals surface area contributed by atoms with E-state index in [1.807, 2.05) is 0 Å². The van der Waals surface area contributed by atoms with Gasteiger partial charge in [-0.05, 0) is 31.0 Å². The topological polar surface area (TPSA) is 37.4 Å². The Morgan fingerprint density at radius 1 is 1.20 bits per heavy atom. The zero-order valence-electron chi connectivity index (χ0n) is 11.3. The lowest BCUT2D eigenvalue weighted by atomic mass is 9.95. The molecule has 0 bridgehead atoms. The molecule has 1 fully saturated rings. The molecule has 1 aromatic carbocycles. The second-order valence-corrected chi connectivity index (χ2v) is 7.76. The molecule has 3 nitrogen and oxygen atoms in total. The normalized spacial score (nSPS) is 17.6. The Balaban J connectivity index is 2.31. The Kier molecular flexibility index (Phi) is 5.73. The molecule has 1 aliphatic rings. The first-order valence-electron chi connectivity index (χ1n) is 6.89. The molecular formula is C14H19Cl2NO2S. The monoisotopic (exact) mass is 335 g/mol. The largest absolute Gasteiger partial charge is 0.243 e. The third kappa shape index (κ3) is 3.67. The standard InChI is InChI=1S/C14H19Cl2NO2S/c15-9-10-17(13-6-2-1-3-7-13)20(18,19)14-8-4-5-12(16)11-14/h4-5,8,11,13H,1-3,6-7,9-10H2. The fourth-order valence-corrected chi connectivity index (χ4v) is 4.98. The number of hydrogen-bond acceptors (Lipinski definition) is 2. The molecule has 0 saturated heterocycles. The quantitative estimate of drug-likeness (QED) is 0.765. The van der Waals surface area contributed by atoms with Crippen molar-refractivity contribution in [3.05, 3.63) is 29.3 Å². The highest BCUT2D eigenvalue weighted by Gasteiger charge is 2.31. The van der Waals surface area contributed by atoms with Gasteiger partial charge in [-0.3, -0.25) is 0 Å². The molecule has 0 heterocycles. The highest BCUT2D eigenvalue weighted by Crippen LogP contribution is 2.28. The van der Waals surface area contributed by atoms with E-state index in [2.05, 4.69) is 0 Å². The van der Waals surface area contributed by atoms with Crippen LogP contribution in [0.25, 0.3) is 0 Å². The summed E-state index contributed by atoms with van der Waals surface area (Å²) in [4.78, 5) is 0.251. The SMILES string of the molecule is O=S(=O)(c1cccc(Cl)c1)N(CCCl)C1CCCCC1. The van der Waals surface area contributed by atoms with Crippen LogP contribution in [0, 0.1) is 0 Å². The lowest BCUT2D eigenvalue weighted by Crippen LogP contribution is -2.42. The van der Waals surface area contributed by atoms with Crippen molar-refractivity contribution in [3.63, 3.8) is 0 Å². The minimum absolute atomic E-state index is 0.0616. The molecule has 0 aliphatic heterocycles. The second-order valence-electron chi connectivity index (χ2n) is 5.05. The van der Waals surface area contributed by atoms with Crippen molar-refractivity contribution >= 4 is 33.2 Å². The Hall–Kier alpha value is -0.290. The van der Waals surface area contributed by atoms with Crippen molar-refractivity contribution in [1.29, 1.82) is 0 Å². The van der Waals surface area contributed by atoms with E-state index in [-0.39, 0.29) is 10.9 Å². The molecular weight excluding hydrogens is 317 g/mol. The van der Waals surface area contributed by atoms with E-state index in [1.165, 1.54) is 12.5 Å². The van der Waals surface area contributed by atoms with Gasteiger partial charge in [0.1, 0.15) is 0 Å². The summed E-state index contributed by atoms with van der Waals surface area (Å²) in [5.74, 6) is 0.302. The van der Waals surface area contributed by atoms with Crippen LogP contribution in [0.3, 0.4) is 0 Å².